The maximum absolute atomic E-state index is 11.8. The summed E-state index contributed by atoms with van der Waals surface area (Å²) in [5, 5.41) is 13.6. The smallest absolute Gasteiger partial charge is 0.244 e. The molecule has 4 heteroatoms. The van der Waals surface area contributed by atoms with Crippen molar-refractivity contribution in [2.75, 3.05) is 6.54 Å². The topological polar surface area (TPSA) is 62.2 Å². The third-order valence-corrected chi connectivity index (χ3v) is 3.49. The number of carbonyl (C=O) groups excluding carboxylic acids is 1. The predicted molar refractivity (Wildman–Crippen MR) is 89.2 cm³/mol. The highest BCUT2D eigenvalue weighted by molar-refractivity contribution is 5.91. The van der Waals surface area contributed by atoms with E-state index in [-0.39, 0.29) is 17.9 Å². The zero-order valence-corrected chi connectivity index (χ0v) is 13.2. The first-order chi connectivity index (χ1) is 10.4. The van der Waals surface area contributed by atoms with E-state index in [4.69, 9.17) is 0 Å². The van der Waals surface area contributed by atoms with Gasteiger partial charge in [-0.05, 0) is 23.6 Å². The Balaban J connectivity index is 1.96. The van der Waals surface area contributed by atoms with Gasteiger partial charge in [-0.1, -0.05) is 45.0 Å². The summed E-state index contributed by atoms with van der Waals surface area (Å²) < 4.78 is 0. The molecule has 1 heterocycles. The highest BCUT2D eigenvalue weighted by Crippen LogP contribution is 2.18. The van der Waals surface area contributed by atoms with Crippen LogP contribution in [0.5, 0.6) is 0 Å². The zero-order chi connectivity index (χ0) is 16.2. The van der Waals surface area contributed by atoms with Gasteiger partial charge in [0.25, 0.3) is 0 Å². The van der Waals surface area contributed by atoms with Gasteiger partial charge in [-0.25, -0.2) is 4.98 Å². The highest BCUT2D eigenvalue weighted by Gasteiger charge is 2.21. The van der Waals surface area contributed by atoms with Crippen LogP contribution in [-0.4, -0.2) is 28.6 Å². The average molecular weight is 298 g/mol. The number of para-hydroxylation sites is 1. The Morgan fingerprint density at radius 3 is 2.73 bits per heavy atom. The van der Waals surface area contributed by atoms with E-state index < -0.39 is 6.10 Å². The molecule has 0 bridgehead atoms. The van der Waals surface area contributed by atoms with E-state index in [1.54, 1.807) is 6.08 Å². The molecule has 0 aliphatic carbocycles. The number of hydrogen-bond acceptors (Lipinski definition) is 3. The lowest BCUT2D eigenvalue weighted by Crippen LogP contribution is -2.38. The standard InChI is InChI=1S/C18H22N2O2/c1-18(2,3)16(21)12-19-17(22)11-10-14-9-8-13-6-4-5-7-15(13)20-14/h4-11,16,21H,12H2,1-3H3,(H,19,22)/b11-10+. The lowest BCUT2D eigenvalue weighted by Gasteiger charge is -2.25. The first-order valence-corrected chi connectivity index (χ1v) is 7.36. The Kier molecular flexibility index (Phi) is 4.93. The molecular weight excluding hydrogens is 276 g/mol. The number of aromatic nitrogens is 1. The molecule has 2 N–H and O–H groups in total. The van der Waals surface area contributed by atoms with Crippen molar-refractivity contribution < 1.29 is 9.90 Å². The molecule has 0 saturated carbocycles. The van der Waals surface area contributed by atoms with Crippen LogP contribution in [0.25, 0.3) is 17.0 Å². The van der Waals surface area contributed by atoms with Crippen LogP contribution >= 0.6 is 0 Å². The van der Waals surface area contributed by atoms with E-state index in [0.717, 1.165) is 16.6 Å². The second-order valence-electron chi connectivity index (χ2n) is 6.39. The van der Waals surface area contributed by atoms with Gasteiger partial charge in [0.1, 0.15) is 0 Å². The summed E-state index contributed by atoms with van der Waals surface area (Å²) in [5.41, 5.74) is 1.37. The Hall–Kier alpha value is -2.20. The third-order valence-electron chi connectivity index (χ3n) is 3.49. The van der Waals surface area contributed by atoms with Crippen LogP contribution in [0.15, 0.2) is 42.5 Å². The fraction of sp³-hybridized carbons (Fsp3) is 0.333. The molecule has 0 aliphatic rings. The second-order valence-corrected chi connectivity index (χ2v) is 6.39. The van der Waals surface area contributed by atoms with Crippen molar-refractivity contribution >= 4 is 22.9 Å². The quantitative estimate of drug-likeness (QED) is 0.853. The molecule has 1 aromatic carbocycles. The molecule has 0 aliphatic heterocycles. The predicted octanol–water partition coefficient (Wildman–Crippen LogP) is 2.77. The molecule has 0 spiro atoms. The maximum atomic E-state index is 11.8. The van der Waals surface area contributed by atoms with E-state index in [2.05, 4.69) is 10.3 Å². The highest BCUT2D eigenvalue weighted by atomic mass is 16.3. The van der Waals surface area contributed by atoms with Gasteiger partial charge in [0.15, 0.2) is 0 Å². The number of benzene rings is 1. The summed E-state index contributed by atoms with van der Waals surface area (Å²) in [6.07, 6.45) is 2.53. The lowest BCUT2D eigenvalue weighted by atomic mass is 9.89. The summed E-state index contributed by atoms with van der Waals surface area (Å²) >= 11 is 0. The molecule has 1 unspecified atom stereocenters. The van der Waals surface area contributed by atoms with Crippen molar-refractivity contribution in [3.63, 3.8) is 0 Å². The number of fused-ring (bicyclic) bond motifs is 1. The summed E-state index contributed by atoms with van der Waals surface area (Å²) in [7, 11) is 0. The van der Waals surface area contributed by atoms with E-state index >= 15 is 0 Å². The Labute approximate surface area is 130 Å². The van der Waals surface area contributed by atoms with Gasteiger partial charge >= 0.3 is 0 Å². The van der Waals surface area contributed by atoms with Crippen molar-refractivity contribution in [3.8, 4) is 0 Å². The van der Waals surface area contributed by atoms with E-state index in [0.29, 0.717) is 0 Å². The molecule has 0 fully saturated rings. The van der Waals surface area contributed by atoms with E-state index in [1.807, 2.05) is 57.2 Å². The molecule has 2 rings (SSSR count). The monoisotopic (exact) mass is 298 g/mol. The summed E-state index contributed by atoms with van der Waals surface area (Å²) in [6.45, 7) is 6.02. The number of pyridine rings is 1. The van der Waals surface area contributed by atoms with Gasteiger partial charge < -0.3 is 10.4 Å². The fourth-order valence-electron chi connectivity index (χ4n) is 1.90. The number of aliphatic hydroxyl groups excluding tert-OH is 1. The number of nitrogens with zero attached hydrogens (tertiary/aromatic N) is 1. The van der Waals surface area contributed by atoms with Crippen LogP contribution in [0.1, 0.15) is 26.5 Å². The Bertz CT molecular complexity index is 687. The first kappa shape index (κ1) is 16.2. The van der Waals surface area contributed by atoms with Crippen molar-refractivity contribution in [1.29, 1.82) is 0 Å². The van der Waals surface area contributed by atoms with Gasteiger partial charge in [0, 0.05) is 18.0 Å². The number of rotatable bonds is 4. The van der Waals surface area contributed by atoms with E-state index in [1.165, 1.54) is 6.08 Å². The minimum atomic E-state index is -0.580. The molecule has 1 atom stereocenters. The number of aliphatic hydroxyl groups is 1. The molecule has 0 saturated heterocycles. The average Bonchev–Trinajstić information content (AvgIpc) is 2.49. The van der Waals surface area contributed by atoms with Gasteiger partial charge in [0.2, 0.25) is 5.91 Å². The van der Waals surface area contributed by atoms with Crippen LogP contribution in [0.4, 0.5) is 0 Å². The molecule has 116 valence electrons. The number of nitrogens with one attached hydrogen (secondary N) is 1. The molecule has 22 heavy (non-hydrogen) atoms. The summed E-state index contributed by atoms with van der Waals surface area (Å²) in [6, 6.07) is 11.7. The number of hydrogen-bond donors (Lipinski definition) is 2. The lowest BCUT2D eigenvalue weighted by molar-refractivity contribution is -0.117. The van der Waals surface area contributed by atoms with Crippen molar-refractivity contribution in [2.45, 2.75) is 26.9 Å². The molecule has 4 nitrogen and oxygen atoms in total. The second kappa shape index (κ2) is 6.71. The van der Waals surface area contributed by atoms with Crippen LogP contribution in [0.2, 0.25) is 0 Å². The normalized spacial score (nSPS) is 13.5. The van der Waals surface area contributed by atoms with Gasteiger partial charge in [-0.15, -0.1) is 0 Å². The van der Waals surface area contributed by atoms with Crippen molar-refractivity contribution in [3.05, 3.63) is 48.2 Å². The van der Waals surface area contributed by atoms with Crippen LogP contribution in [0, 0.1) is 5.41 Å². The van der Waals surface area contributed by atoms with E-state index in [9.17, 15) is 9.90 Å². The minimum absolute atomic E-state index is 0.234. The maximum Gasteiger partial charge on any atom is 0.244 e. The first-order valence-electron chi connectivity index (χ1n) is 7.36. The third kappa shape index (κ3) is 4.40. The minimum Gasteiger partial charge on any atom is -0.391 e. The Morgan fingerprint density at radius 2 is 2.00 bits per heavy atom. The van der Waals surface area contributed by atoms with Gasteiger partial charge in [0.05, 0.1) is 17.3 Å². The number of amides is 1. The van der Waals surface area contributed by atoms with Crippen molar-refractivity contribution in [1.82, 2.24) is 10.3 Å². The summed E-state index contributed by atoms with van der Waals surface area (Å²) in [5.74, 6) is -0.238. The molecule has 1 amide bonds. The zero-order valence-electron chi connectivity index (χ0n) is 13.2. The van der Waals surface area contributed by atoms with Crippen LogP contribution in [0.3, 0.4) is 0 Å². The van der Waals surface area contributed by atoms with Crippen LogP contribution in [-0.2, 0) is 4.79 Å². The molecule has 2 aromatic rings. The van der Waals surface area contributed by atoms with Gasteiger partial charge in [-0.2, -0.15) is 0 Å². The van der Waals surface area contributed by atoms with Gasteiger partial charge in [-0.3, -0.25) is 4.79 Å². The molecule has 0 radical (unpaired) electrons. The largest absolute Gasteiger partial charge is 0.391 e. The molecular formula is C18H22N2O2. The number of carbonyl (C=O) groups is 1. The Morgan fingerprint density at radius 1 is 1.27 bits per heavy atom. The van der Waals surface area contributed by atoms with Crippen LogP contribution < -0.4 is 5.32 Å². The molecule has 1 aromatic heterocycles. The van der Waals surface area contributed by atoms with Crippen molar-refractivity contribution in [2.24, 2.45) is 5.41 Å². The summed E-state index contributed by atoms with van der Waals surface area (Å²) in [4.78, 5) is 16.2. The fourth-order valence-corrected chi connectivity index (χ4v) is 1.90. The SMILES string of the molecule is CC(C)(C)C(O)CNC(=O)/C=C/c1ccc2ccccc2n1.